The fraction of sp³-hybridized carbons (Fsp3) is 0.739. The zero-order valence-electron chi connectivity index (χ0n) is 34.9. The van der Waals surface area contributed by atoms with Crippen molar-refractivity contribution in [1.29, 1.82) is 0 Å². The third kappa shape index (κ3) is 27.9. The number of aliphatic hydroxyl groups is 4. The Kier molecular flexibility index (Phi) is 33.7. The molecule has 1 fully saturated rings. The Hall–Kier alpha value is -2.60. The largest absolute Gasteiger partial charge is 0.462 e. The van der Waals surface area contributed by atoms with Crippen LogP contribution in [0.25, 0.3) is 0 Å². The topological polar surface area (TPSA) is 152 Å². The van der Waals surface area contributed by atoms with Crippen LogP contribution < -0.4 is 0 Å². The maximum Gasteiger partial charge on any atom is 0.306 e. The molecule has 0 aliphatic carbocycles. The fourth-order valence-electron chi connectivity index (χ4n) is 6.34. The quantitative estimate of drug-likeness (QED) is 0.0278. The number of unbranched alkanes of at least 4 members (excludes halogenated alkanes) is 18. The SMILES string of the molecule is CC/C=C/C=C/C=C/C=C/C=C/CCCC(=O)OC(COC(=O)CCCCCCCCCCCCCCCCCCCC)CO[C@H]1O[C@@H](CO)[C@@H](O)C(O)C1O. The van der Waals surface area contributed by atoms with Gasteiger partial charge >= 0.3 is 11.9 Å². The number of carbonyl (C=O) groups excluding carboxylic acids is 2. The van der Waals surface area contributed by atoms with Gasteiger partial charge in [0, 0.05) is 12.8 Å². The van der Waals surface area contributed by atoms with E-state index in [4.69, 9.17) is 18.9 Å². The smallest absolute Gasteiger partial charge is 0.306 e. The Labute approximate surface area is 339 Å². The van der Waals surface area contributed by atoms with Crippen molar-refractivity contribution in [2.24, 2.45) is 0 Å². The van der Waals surface area contributed by atoms with Crippen LogP contribution in [0.2, 0.25) is 0 Å². The highest BCUT2D eigenvalue weighted by atomic mass is 16.7. The molecule has 0 aromatic carbocycles. The molecule has 0 saturated carbocycles. The lowest BCUT2D eigenvalue weighted by Gasteiger charge is -2.39. The zero-order chi connectivity index (χ0) is 40.9. The predicted molar refractivity (Wildman–Crippen MR) is 224 cm³/mol. The van der Waals surface area contributed by atoms with E-state index in [2.05, 4.69) is 19.9 Å². The van der Waals surface area contributed by atoms with Crippen molar-refractivity contribution in [2.75, 3.05) is 19.8 Å². The summed E-state index contributed by atoms with van der Waals surface area (Å²) in [7, 11) is 0. The van der Waals surface area contributed by atoms with Crippen LogP contribution in [0.15, 0.2) is 60.8 Å². The van der Waals surface area contributed by atoms with Crippen LogP contribution in [0.3, 0.4) is 0 Å². The molecule has 56 heavy (non-hydrogen) atoms. The minimum absolute atomic E-state index is 0.133. The third-order valence-corrected chi connectivity index (χ3v) is 9.79. The molecule has 1 rings (SSSR count). The van der Waals surface area contributed by atoms with Gasteiger partial charge in [-0.2, -0.15) is 0 Å². The first kappa shape index (κ1) is 51.4. The molecule has 4 N–H and O–H groups in total. The van der Waals surface area contributed by atoms with Crippen LogP contribution in [0.5, 0.6) is 0 Å². The van der Waals surface area contributed by atoms with Crippen molar-refractivity contribution in [3.8, 4) is 0 Å². The normalized spacial score (nSPS) is 21.0. The highest BCUT2D eigenvalue weighted by Gasteiger charge is 2.44. The molecular weight excluding hydrogens is 712 g/mol. The third-order valence-electron chi connectivity index (χ3n) is 9.79. The van der Waals surface area contributed by atoms with Gasteiger partial charge in [-0.3, -0.25) is 9.59 Å². The fourth-order valence-corrected chi connectivity index (χ4v) is 6.34. The molecule has 0 radical (unpaired) electrons. The van der Waals surface area contributed by atoms with Gasteiger partial charge in [0.15, 0.2) is 12.4 Å². The number of hydrogen-bond donors (Lipinski definition) is 4. The first-order valence-corrected chi connectivity index (χ1v) is 21.9. The molecule has 0 aromatic heterocycles. The van der Waals surface area contributed by atoms with Crippen LogP contribution in [0, 0.1) is 0 Å². The number of ether oxygens (including phenoxy) is 4. The number of hydrogen-bond acceptors (Lipinski definition) is 10. The lowest BCUT2D eigenvalue weighted by molar-refractivity contribution is -0.305. The standard InChI is InChI=1S/C46H78O10/c1-3-5-7-9-11-13-15-17-18-19-20-21-23-24-26-28-30-32-34-41(48)53-37-39(38-54-46-45(52)44(51)43(50)40(36-47)56-46)55-42(49)35-33-31-29-27-25-22-16-14-12-10-8-6-4-2/h6,8,10,12,14,16,22,25,27,29,39-40,43-47,50-52H,3-5,7,9,11,13,15,17-21,23-24,26,28,30-38H2,1-2H3/b8-6+,12-10+,16-14+,25-22+,29-27+/t39?,40-,43+,44?,45?,46-/m0/s1. The maximum atomic E-state index is 12.7. The van der Waals surface area contributed by atoms with Crippen molar-refractivity contribution in [1.82, 2.24) is 0 Å². The van der Waals surface area contributed by atoms with Crippen molar-refractivity contribution in [3.05, 3.63) is 60.8 Å². The minimum atomic E-state index is -1.61. The first-order valence-electron chi connectivity index (χ1n) is 21.9. The minimum Gasteiger partial charge on any atom is -0.462 e. The van der Waals surface area contributed by atoms with Crippen LogP contribution in [0.4, 0.5) is 0 Å². The van der Waals surface area contributed by atoms with Gasteiger partial charge in [0.25, 0.3) is 0 Å². The molecule has 1 aliphatic rings. The van der Waals surface area contributed by atoms with Crippen LogP contribution in [0.1, 0.15) is 162 Å². The van der Waals surface area contributed by atoms with Gasteiger partial charge in [-0.25, -0.2) is 0 Å². The molecule has 0 spiro atoms. The average Bonchev–Trinajstić information content (AvgIpc) is 3.19. The molecular formula is C46H78O10. The van der Waals surface area contributed by atoms with Gasteiger partial charge in [-0.05, 0) is 25.7 Å². The number of aliphatic hydroxyl groups excluding tert-OH is 4. The van der Waals surface area contributed by atoms with Crippen LogP contribution in [-0.2, 0) is 28.5 Å². The Balaban J connectivity index is 2.36. The monoisotopic (exact) mass is 791 g/mol. The molecule has 0 amide bonds. The summed E-state index contributed by atoms with van der Waals surface area (Å²) in [6.45, 7) is 3.20. The van der Waals surface area contributed by atoms with Crippen molar-refractivity contribution >= 4 is 11.9 Å². The second kappa shape index (κ2) is 36.7. The summed E-state index contributed by atoms with van der Waals surface area (Å²) in [5.41, 5.74) is 0. The van der Waals surface area contributed by atoms with E-state index in [0.29, 0.717) is 12.8 Å². The van der Waals surface area contributed by atoms with E-state index in [1.54, 1.807) is 0 Å². The Morgan fingerprint density at radius 3 is 1.57 bits per heavy atom. The molecule has 322 valence electrons. The number of esters is 2. The summed E-state index contributed by atoms with van der Waals surface area (Å²) in [6, 6.07) is 0. The summed E-state index contributed by atoms with van der Waals surface area (Å²) in [5.74, 6) is -0.893. The summed E-state index contributed by atoms with van der Waals surface area (Å²) >= 11 is 0. The highest BCUT2D eigenvalue weighted by Crippen LogP contribution is 2.22. The number of rotatable bonds is 35. The molecule has 0 bridgehead atoms. The maximum absolute atomic E-state index is 12.7. The van der Waals surface area contributed by atoms with E-state index in [1.165, 1.54) is 96.3 Å². The van der Waals surface area contributed by atoms with E-state index < -0.39 is 55.4 Å². The van der Waals surface area contributed by atoms with Crippen molar-refractivity contribution in [3.63, 3.8) is 0 Å². The number of allylic oxidation sites excluding steroid dienone is 10. The highest BCUT2D eigenvalue weighted by molar-refractivity contribution is 5.70. The molecule has 6 atom stereocenters. The van der Waals surface area contributed by atoms with Crippen molar-refractivity contribution in [2.45, 2.75) is 198 Å². The lowest BCUT2D eigenvalue weighted by atomic mass is 9.99. The Morgan fingerprint density at radius 1 is 0.571 bits per heavy atom. The van der Waals surface area contributed by atoms with Gasteiger partial charge in [0.1, 0.15) is 31.0 Å². The molecule has 1 aliphatic heterocycles. The van der Waals surface area contributed by atoms with E-state index in [9.17, 15) is 30.0 Å². The van der Waals surface area contributed by atoms with E-state index in [1.807, 2.05) is 54.7 Å². The summed E-state index contributed by atoms with van der Waals surface area (Å²) in [5, 5.41) is 40.0. The van der Waals surface area contributed by atoms with E-state index in [-0.39, 0.29) is 26.1 Å². The lowest BCUT2D eigenvalue weighted by Crippen LogP contribution is -2.59. The van der Waals surface area contributed by atoms with Gasteiger partial charge in [0.05, 0.1) is 13.2 Å². The summed E-state index contributed by atoms with van der Waals surface area (Å²) in [4.78, 5) is 25.3. The molecule has 10 heteroatoms. The van der Waals surface area contributed by atoms with Crippen LogP contribution >= 0.6 is 0 Å². The first-order chi connectivity index (χ1) is 27.3. The van der Waals surface area contributed by atoms with E-state index >= 15 is 0 Å². The molecule has 1 heterocycles. The molecule has 0 aromatic rings. The summed E-state index contributed by atoms with van der Waals surface area (Å²) < 4.78 is 22.0. The molecule has 3 unspecified atom stereocenters. The zero-order valence-corrected chi connectivity index (χ0v) is 34.9. The number of carbonyl (C=O) groups is 2. The van der Waals surface area contributed by atoms with Gasteiger partial charge < -0.3 is 39.4 Å². The summed E-state index contributed by atoms with van der Waals surface area (Å²) in [6.07, 6.45) is 36.7. The van der Waals surface area contributed by atoms with Gasteiger partial charge in [-0.1, -0.05) is 184 Å². The Morgan fingerprint density at radius 2 is 1.05 bits per heavy atom. The average molecular weight is 791 g/mol. The van der Waals surface area contributed by atoms with Gasteiger partial charge in [-0.15, -0.1) is 0 Å². The second-order valence-electron chi connectivity index (χ2n) is 14.9. The Bertz CT molecular complexity index is 1100. The molecule has 1 saturated heterocycles. The van der Waals surface area contributed by atoms with Crippen molar-refractivity contribution < 1.29 is 49.0 Å². The van der Waals surface area contributed by atoms with E-state index in [0.717, 1.165) is 25.7 Å². The predicted octanol–water partition coefficient (Wildman–Crippen LogP) is 9.05. The van der Waals surface area contributed by atoms with Crippen LogP contribution in [-0.4, -0.2) is 89.0 Å². The second-order valence-corrected chi connectivity index (χ2v) is 14.9. The van der Waals surface area contributed by atoms with Gasteiger partial charge in [0.2, 0.25) is 0 Å². The molecule has 10 nitrogen and oxygen atoms in total.